The van der Waals surface area contributed by atoms with Crippen LogP contribution in [0.15, 0.2) is 0 Å². The van der Waals surface area contributed by atoms with Crippen molar-refractivity contribution in [1.29, 1.82) is 0 Å². The summed E-state index contributed by atoms with van der Waals surface area (Å²) in [6, 6.07) is -7.98. The Bertz CT molecular complexity index is 4160. The maximum Gasteiger partial charge on any atom is 0.335 e. The Morgan fingerprint density at radius 2 is 0.459 bits per heavy atom. The first-order chi connectivity index (χ1) is 68.9. The number of amides is 4. The third kappa shape index (κ3) is 25.9. The van der Waals surface area contributed by atoms with E-state index in [-0.39, 0.29) is 0 Å². The number of nitrogens with one attached hydrogen (secondary N) is 4. The number of carboxylic acids is 2. The molecular formula is C80H130N4O62. The molecule has 0 unspecified atom stereocenters. The fourth-order valence-corrected chi connectivity index (χ4v) is 18.7. The lowest BCUT2D eigenvalue weighted by atomic mass is 9.93. The molecule has 146 heavy (non-hydrogen) atoms. The Morgan fingerprint density at radius 1 is 0.212 bits per heavy atom. The van der Waals surface area contributed by atoms with Gasteiger partial charge in [-0.25, -0.2) is 9.59 Å². The molecule has 0 radical (unpaired) electrons. The highest BCUT2D eigenvalue weighted by Crippen LogP contribution is 2.43. The van der Waals surface area contributed by atoms with Crippen LogP contribution in [0.3, 0.4) is 0 Å². The van der Waals surface area contributed by atoms with E-state index in [9.17, 15) is 197 Å². The maximum absolute atomic E-state index is 13.3. The average Bonchev–Trinajstić information content (AvgIpc) is 0.763. The largest absolute Gasteiger partial charge is 0.479 e. The molecule has 0 aliphatic carbocycles. The molecule has 0 aromatic carbocycles. The lowest BCUT2D eigenvalue weighted by molar-refractivity contribution is -0.395. The highest BCUT2D eigenvalue weighted by Gasteiger charge is 2.64. The van der Waals surface area contributed by atoms with E-state index in [0.29, 0.717) is 0 Å². The predicted molar refractivity (Wildman–Crippen MR) is 441 cm³/mol. The number of aliphatic hydroxyl groups is 31. The number of hydrogen-bond donors (Lipinski definition) is 37. The smallest absolute Gasteiger partial charge is 0.335 e. The summed E-state index contributed by atoms with van der Waals surface area (Å²) in [6.07, 6.45) is -123. The van der Waals surface area contributed by atoms with Gasteiger partial charge in [0, 0.05) is 27.7 Å². The summed E-state index contributed by atoms with van der Waals surface area (Å²) in [5, 5.41) is 378. The second-order valence-electron chi connectivity index (χ2n) is 36.7. The number of carbonyl (C=O) groups excluding carboxylic acids is 4. The number of aliphatic hydroxyl groups excluding tert-OH is 31. The summed E-state index contributed by atoms with van der Waals surface area (Å²) in [5.74, 6) is -7.73. The minimum atomic E-state index is -2.67. The van der Waals surface area contributed by atoms with E-state index in [1.54, 1.807) is 0 Å². The van der Waals surface area contributed by atoms with Gasteiger partial charge in [0.15, 0.2) is 87.7 Å². The van der Waals surface area contributed by atoms with E-state index in [4.69, 9.17) is 109 Å². The summed E-state index contributed by atoms with van der Waals surface area (Å²) in [6.45, 7) is -5.98. The van der Waals surface area contributed by atoms with Crippen molar-refractivity contribution >= 4 is 35.6 Å². The molecule has 0 bridgehead atoms. The summed E-state index contributed by atoms with van der Waals surface area (Å²) in [4.78, 5) is 76.0. The monoisotopic (exact) mass is 2140 g/mol. The predicted octanol–water partition coefficient (Wildman–Crippen LogP) is -25.4. The van der Waals surface area contributed by atoms with Crippen LogP contribution in [0.25, 0.3) is 0 Å². The molecule has 66 heteroatoms. The molecule has 0 aromatic heterocycles. The van der Waals surface area contributed by atoms with E-state index >= 15 is 0 Å². The van der Waals surface area contributed by atoms with Crippen molar-refractivity contribution in [1.82, 2.24) is 21.3 Å². The third-order valence-electron chi connectivity index (χ3n) is 26.6. The lowest BCUT2D eigenvalue weighted by Crippen LogP contribution is -2.71. The molecule has 12 fully saturated rings. The van der Waals surface area contributed by atoms with Crippen molar-refractivity contribution in [3.63, 3.8) is 0 Å². The molecule has 12 rings (SSSR count). The van der Waals surface area contributed by atoms with Crippen LogP contribution in [0, 0.1) is 0 Å². The van der Waals surface area contributed by atoms with Gasteiger partial charge in [-0.05, 0) is 6.92 Å². The van der Waals surface area contributed by atoms with Crippen LogP contribution in [0.1, 0.15) is 34.6 Å². The SMILES string of the molecule is CC(=O)N[C@@H]1[C@@H](O)[C@H](O[C@@H]2O[C@H](CO)[C@@H](O[C@@H]3O[C@H](CO[C@H]4O[C@H](CO)[C@@H](O)[C@H](O)[C@@H]4O[C@@H]4O[C@H](CO)[C@@H](O[C@@H]5O[C@H](CO)[C@H](O)[C@H](O[C@@H]6O[C@H](C(=O)O)[C@@H](O)[C@H](O)[C@H]6O)[C@H]5O)[C@H](O)[C@H]4NC(C)=O)[C@@H](O)[C@H](O[C@H]4O[C@H](CO)[C@@H](O[C@@H]5O[C@H](CO)[C@@H](O[C@@H]6O[C@H](CO)[C@H](O)[C@H](O[C@@H]7O[C@H](C(=O)O)[C@@H](O)[C@H](O)[C@H]7O)[C@H]6O)[C@H](O)[C@H]5NC(C)=O)[C@H](O)[C@@H]4O)[C@@H]3O)[C@H](O)[C@H]2NC(C)=O)[C@@H](CO[C@@H]2O[C@@H](C)[C@@H](O)[C@@H](O)[C@@H]2O)O[C@H]1O. The van der Waals surface area contributed by atoms with Gasteiger partial charge in [0.05, 0.1) is 65.6 Å². The van der Waals surface area contributed by atoms with Gasteiger partial charge in [-0.2, -0.15) is 0 Å². The van der Waals surface area contributed by atoms with Crippen molar-refractivity contribution in [2.45, 2.75) is 403 Å². The van der Waals surface area contributed by atoms with Crippen LogP contribution in [-0.2, 0) is 138 Å². The molecule has 0 saturated carbocycles. The van der Waals surface area contributed by atoms with Crippen LogP contribution in [0.2, 0.25) is 0 Å². The van der Waals surface area contributed by atoms with Crippen molar-refractivity contribution < 1.29 is 306 Å². The van der Waals surface area contributed by atoms with Crippen molar-refractivity contribution in [3.8, 4) is 0 Å². The zero-order valence-corrected chi connectivity index (χ0v) is 77.6. The average molecular weight is 2140 g/mol. The second-order valence-corrected chi connectivity index (χ2v) is 36.7. The minimum absolute atomic E-state index is 0.873. The minimum Gasteiger partial charge on any atom is -0.479 e. The van der Waals surface area contributed by atoms with Gasteiger partial charge >= 0.3 is 11.9 Å². The summed E-state index contributed by atoms with van der Waals surface area (Å²) in [7, 11) is 0. The van der Waals surface area contributed by atoms with E-state index in [2.05, 4.69) is 21.3 Å². The molecule has 37 N–H and O–H groups in total. The Balaban J connectivity index is 0.823. The van der Waals surface area contributed by atoms with Crippen molar-refractivity contribution in [2.24, 2.45) is 0 Å². The molecule has 842 valence electrons. The summed E-state index contributed by atoms with van der Waals surface area (Å²) >= 11 is 0. The quantitative estimate of drug-likeness (QED) is 0.0275. The maximum atomic E-state index is 13.3. The van der Waals surface area contributed by atoms with E-state index < -0.39 is 463 Å². The first-order valence-electron chi connectivity index (χ1n) is 46.0. The summed E-state index contributed by atoms with van der Waals surface area (Å²) < 4.78 is 135. The first kappa shape index (κ1) is 119. The highest BCUT2D eigenvalue weighted by atomic mass is 16.8. The number of rotatable bonds is 37. The Morgan fingerprint density at radius 3 is 0.829 bits per heavy atom. The number of carboxylic acid groups (broad SMARTS) is 2. The standard InChI is InChI=1S/C80H130N4O62/c1-15-33(96)42(105)49(112)73(126-15)124-14-28-60(38(101)29(69(123)127-28)81-16(2)92)137-71-31(83-18(4)94)40(103)58(24(10-89)132-71)140-79-55(118)63(141-74-52(115)48(111)59(26(12-91)134-74)136-70-30(82-17(3)93)39(102)56(23(9-88)131-70)138-77-53(116)61(35(98)21(7-86)128-77)142-75-50(113)43(106)46(109)64(144-75)67(119)120)37(100)27(135-79)13-125-80-66(45(108)34(97)20(6-85)130-80)146-72-32(84-19(5)95)41(104)57(25(11-90)133-72)139-78-54(117)62(36(99)22(8-87)129-78)143-76-51(114)44(107)47(110)65(145-76)68(121)122/h15,20-66,69-80,85-91,96-118,123H,6-14H2,1-5H3,(H,81,92)(H,82,93)(H,83,94)(H,84,95)(H,119,120)(H,121,122)/t15-,20+,21+,22+,23+,24+,25+,26+,27+,28+,29+,30+,31+,32+,33+,34+,35-,36-,37+,38+,39+,40+,41+,42+,43-,44-,45-,46-,47-,48+,49-,50+,51+,52-,53+,54+,55-,56+,57+,58+,59+,60+,61-,62-,63-,64-,65-,66-,69+,70-,71-,72-,73+,74+,75+,76+,77-,78-,79-,80-/m0/s1. The molecular weight excluding hydrogens is 2010 g/mol. The lowest BCUT2D eigenvalue weighted by Gasteiger charge is -2.51. The molecule has 12 heterocycles. The van der Waals surface area contributed by atoms with Gasteiger partial charge in [-0.3, -0.25) is 19.2 Å². The van der Waals surface area contributed by atoms with Crippen LogP contribution >= 0.6 is 0 Å². The normalized spacial score (nSPS) is 49.8. The number of aliphatic carboxylic acids is 2. The fraction of sp³-hybridized carbons (Fsp3) is 0.925. The Kier molecular flexibility index (Phi) is 42.0. The van der Waals surface area contributed by atoms with Crippen LogP contribution in [0.4, 0.5) is 0 Å². The second kappa shape index (κ2) is 51.4. The zero-order valence-electron chi connectivity index (χ0n) is 77.6. The Hall–Kier alpha value is -5.34. The molecule has 12 aliphatic rings. The van der Waals surface area contributed by atoms with Crippen molar-refractivity contribution in [3.05, 3.63) is 0 Å². The van der Waals surface area contributed by atoms with Gasteiger partial charge in [0.2, 0.25) is 23.6 Å². The molecule has 60 atom stereocenters. The number of carbonyl (C=O) groups is 6. The van der Waals surface area contributed by atoms with E-state index in [0.717, 1.165) is 27.7 Å². The number of ether oxygens (including phenoxy) is 23. The molecule has 0 spiro atoms. The van der Waals surface area contributed by atoms with E-state index in [1.165, 1.54) is 6.92 Å². The first-order valence-corrected chi connectivity index (χ1v) is 46.0. The zero-order chi connectivity index (χ0) is 108. The van der Waals surface area contributed by atoms with Gasteiger partial charge < -0.3 is 299 Å². The topological polar surface area (TPSA) is 1030 Å². The van der Waals surface area contributed by atoms with Gasteiger partial charge in [0.1, 0.15) is 274 Å². The molecule has 0 aromatic rings. The van der Waals surface area contributed by atoms with Crippen LogP contribution in [-0.4, -0.2) is 632 Å². The van der Waals surface area contributed by atoms with Gasteiger partial charge in [-0.15, -0.1) is 0 Å². The van der Waals surface area contributed by atoms with E-state index in [1.807, 2.05) is 0 Å². The van der Waals surface area contributed by atoms with Crippen LogP contribution in [0.5, 0.6) is 0 Å². The summed E-state index contributed by atoms with van der Waals surface area (Å²) in [5.41, 5.74) is 0. The van der Waals surface area contributed by atoms with Crippen LogP contribution < -0.4 is 21.3 Å². The molecule has 12 saturated heterocycles. The van der Waals surface area contributed by atoms with Crippen molar-refractivity contribution in [2.75, 3.05) is 59.5 Å². The molecule has 66 nitrogen and oxygen atoms in total. The van der Waals surface area contributed by atoms with Gasteiger partial charge in [0.25, 0.3) is 0 Å². The highest BCUT2D eigenvalue weighted by molar-refractivity contribution is 5.75. The Labute approximate surface area is 822 Å². The number of hydrogen-bond acceptors (Lipinski definition) is 60. The third-order valence-corrected chi connectivity index (χ3v) is 26.6. The molecule has 12 aliphatic heterocycles. The fourth-order valence-electron chi connectivity index (χ4n) is 18.7. The molecule has 4 amide bonds. The van der Waals surface area contributed by atoms with Gasteiger partial charge in [-0.1, -0.05) is 0 Å².